The molecule has 2 N–H and O–H groups in total. The highest BCUT2D eigenvalue weighted by molar-refractivity contribution is 7.88. The predicted molar refractivity (Wildman–Crippen MR) is 135 cm³/mol. The van der Waals surface area contributed by atoms with E-state index in [1.165, 1.54) is 10.4 Å². The number of hydrogen-bond donors (Lipinski definition) is 2. The smallest absolute Gasteiger partial charge is 0.226 e. The third-order valence-corrected chi connectivity index (χ3v) is 9.07. The number of aromatic nitrogens is 4. The van der Waals surface area contributed by atoms with Gasteiger partial charge in [-0.3, -0.25) is 9.89 Å². The molecule has 0 saturated carbocycles. The van der Waals surface area contributed by atoms with E-state index in [0.29, 0.717) is 26.2 Å². The number of rotatable bonds is 4. The van der Waals surface area contributed by atoms with E-state index in [1.54, 1.807) is 30.1 Å². The third kappa shape index (κ3) is 3.92. The van der Waals surface area contributed by atoms with Gasteiger partial charge in [-0.2, -0.15) is 5.10 Å². The molecule has 176 valence electrons. The maximum Gasteiger partial charge on any atom is 0.226 e. The molecule has 2 aliphatic rings. The van der Waals surface area contributed by atoms with Crippen molar-refractivity contribution < 1.29 is 9.35 Å². The predicted octanol–water partition coefficient (Wildman–Crippen LogP) is 2.85. The van der Waals surface area contributed by atoms with Crippen molar-refractivity contribution in [2.45, 2.75) is 19.3 Å². The first-order chi connectivity index (χ1) is 16.6. The number of nitrogens with one attached hydrogen (secondary N) is 2. The number of thiophene rings is 1. The quantitative estimate of drug-likeness (QED) is 0.419. The van der Waals surface area contributed by atoms with Crippen molar-refractivity contribution in [3.63, 3.8) is 0 Å². The van der Waals surface area contributed by atoms with E-state index in [0.717, 1.165) is 51.9 Å². The second-order valence-corrected chi connectivity index (χ2v) is 11.3. The molecule has 0 bridgehead atoms. The first kappa shape index (κ1) is 21.8. The summed E-state index contributed by atoms with van der Waals surface area (Å²) in [7, 11) is 0. The van der Waals surface area contributed by atoms with Gasteiger partial charge in [0.1, 0.15) is 23.2 Å². The highest BCUT2D eigenvalue weighted by atomic mass is 32.2. The Morgan fingerprint density at radius 3 is 2.94 bits per heavy atom. The van der Waals surface area contributed by atoms with Crippen molar-refractivity contribution in [1.82, 2.24) is 29.4 Å². The van der Waals surface area contributed by atoms with E-state index < -0.39 is 11.4 Å². The minimum absolute atomic E-state index is 0.00731. The number of aromatic amines is 1. The van der Waals surface area contributed by atoms with Crippen molar-refractivity contribution in [1.29, 1.82) is 0 Å². The molecule has 0 spiro atoms. The van der Waals surface area contributed by atoms with Crippen molar-refractivity contribution in [2.75, 3.05) is 37.8 Å². The number of hydrogen-bond acceptors (Lipinski definition) is 8. The van der Waals surface area contributed by atoms with E-state index in [1.807, 2.05) is 27.4 Å². The van der Waals surface area contributed by atoms with Crippen LogP contribution in [0.2, 0.25) is 0 Å². The minimum Gasteiger partial charge on any atom is -0.598 e. The van der Waals surface area contributed by atoms with Crippen LogP contribution >= 0.6 is 11.3 Å². The number of amides is 1. The lowest BCUT2D eigenvalue weighted by Crippen LogP contribution is -2.52. The average molecular weight is 496 g/mol. The van der Waals surface area contributed by atoms with Gasteiger partial charge >= 0.3 is 0 Å². The minimum atomic E-state index is -0.972. The number of fused-ring (bicyclic) bond motifs is 4. The topological polar surface area (TPSA) is 113 Å². The first-order valence-corrected chi connectivity index (χ1v) is 13.7. The van der Waals surface area contributed by atoms with E-state index >= 15 is 0 Å². The van der Waals surface area contributed by atoms with Gasteiger partial charge in [0.2, 0.25) is 5.91 Å². The summed E-state index contributed by atoms with van der Waals surface area (Å²) in [6.45, 7) is 2.64. The number of carbonyl (C=O) groups excluding carboxylic acids is 1. The lowest BCUT2D eigenvalue weighted by atomic mass is 9.86. The van der Waals surface area contributed by atoms with Gasteiger partial charge in [-0.15, -0.1) is 15.6 Å². The molecule has 2 unspecified atom stereocenters. The largest absolute Gasteiger partial charge is 0.598 e. The molecule has 1 aliphatic carbocycles. The number of carbonyl (C=O) groups is 1. The van der Waals surface area contributed by atoms with Crippen LogP contribution in [0.15, 0.2) is 30.7 Å². The summed E-state index contributed by atoms with van der Waals surface area (Å²) in [5.74, 6) is 1.02. The lowest BCUT2D eigenvalue weighted by molar-refractivity contribution is -0.137. The highest BCUT2D eigenvalue weighted by Gasteiger charge is 2.34. The number of H-pyrrole nitrogens is 1. The van der Waals surface area contributed by atoms with E-state index in [-0.39, 0.29) is 11.8 Å². The Hall–Kier alpha value is -2.73. The Balaban J connectivity index is 1.22. The molecule has 1 amide bonds. The van der Waals surface area contributed by atoms with Crippen LogP contribution in [0.5, 0.6) is 0 Å². The van der Waals surface area contributed by atoms with Crippen LogP contribution in [-0.2, 0) is 29.0 Å². The molecule has 2 atom stereocenters. The van der Waals surface area contributed by atoms with Crippen LogP contribution in [-0.4, -0.2) is 72.3 Å². The molecule has 9 nitrogen and oxygen atoms in total. The van der Waals surface area contributed by atoms with Gasteiger partial charge in [-0.05, 0) is 43.0 Å². The van der Waals surface area contributed by atoms with Crippen LogP contribution < -0.4 is 5.32 Å². The third-order valence-electron chi connectivity index (χ3n) is 6.81. The van der Waals surface area contributed by atoms with Crippen molar-refractivity contribution in [2.24, 2.45) is 5.92 Å². The van der Waals surface area contributed by atoms with Crippen LogP contribution in [0.25, 0.3) is 21.1 Å². The summed E-state index contributed by atoms with van der Waals surface area (Å²) >= 11 is 0.703. The fourth-order valence-corrected chi connectivity index (χ4v) is 6.94. The Morgan fingerprint density at radius 2 is 2.12 bits per heavy atom. The number of piperazine rings is 1. The van der Waals surface area contributed by atoms with Crippen molar-refractivity contribution >= 4 is 61.2 Å². The Kier molecular flexibility index (Phi) is 5.64. The second-order valence-electron chi connectivity index (χ2n) is 8.82. The van der Waals surface area contributed by atoms with Crippen LogP contribution in [0, 0.1) is 5.92 Å². The van der Waals surface area contributed by atoms with Gasteiger partial charge < -0.3 is 14.8 Å². The number of anilines is 2. The summed E-state index contributed by atoms with van der Waals surface area (Å²) in [6.07, 6.45) is 7.52. The Bertz CT molecular complexity index is 1360. The van der Waals surface area contributed by atoms with Crippen LogP contribution in [0.1, 0.15) is 16.9 Å². The zero-order chi connectivity index (χ0) is 23.2. The zero-order valence-corrected chi connectivity index (χ0v) is 20.4. The molecule has 1 aliphatic heterocycles. The van der Waals surface area contributed by atoms with E-state index in [2.05, 4.69) is 25.5 Å². The van der Waals surface area contributed by atoms with Gasteiger partial charge in [-0.25, -0.2) is 9.97 Å². The lowest BCUT2D eigenvalue weighted by Gasteiger charge is -2.36. The molecule has 4 heterocycles. The molecule has 0 radical (unpaired) electrons. The molecular formula is C23H25N7O2S2. The SMILES string of the molecule is C[S+]([O-])N1CCN(C(=O)C2CCc3c(sc4ncnc(Nc5ccc6[nH]ncc6c5)c34)C2)CC1. The van der Waals surface area contributed by atoms with E-state index in [4.69, 9.17) is 0 Å². The summed E-state index contributed by atoms with van der Waals surface area (Å²) in [6, 6.07) is 6.06. The molecule has 34 heavy (non-hydrogen) atoms. The molecule has 1 fully saturated rings. The Labute approximate surface area is 203 Å². The zero-order valence-electron chi connectivity index (χ0n) is 18.8. The maximum atomic E-state index is 13.2. The standard InChI is InChI=1S/C23H25N7O2S2/c1-34(32)30-8-6-29(7-9-30)23(31)14-2-4-17-19(11-14)33-22-20(17)21(24-13-25-22)27-16-3-5-18-15(10-16)12-26-28-18/h3,5,10,12-14H,2,4,6-9,11H2,1H3,(H,26,28)(H,24,25,27). The second kappa shape index (κ2) is 8.81. The molecule has 1 saturated heterocycles. The van der Waals surface area contributed by atoms with Crippen LogP contribution in [0.3, 0.4) is 0 Å². The average Bonchev–Trinajstić information content (AvgIpc) is 3.47. The highest BCUT2D eigenvalue weighted by Crippen LogP contribution is 2.41. The molecule has 1 aromatic carbocycles. The van der Waals surface area contributed by atoms with Crippen LogP contribution in [0.4, 0.5) is 11.5 Å². The first-order valence-electron chi connectivity index (χ1n) is 11.4. The van der Waals surface area contributed by atoms with E-state index in [9.17, 15) is 9.35 Å². The van der Waals surface area contributed by atoms with Gasteiger partial charge in [0.15, 0.2) is 0 Å². The summed E-state index contributed by atoms with van der Waals surface area (Å²) in [5.41, 5.74) is 3.21. The van der Waals surface area contributed by atoms with Gasteiger partial charge in [-0.1, -0.05) is 0 Å². The summed E-state index contributed by atoms with van der Waals surface area (Å²) in [4.78, 5) is 26.5. The fourth-order valence-electron chi connectivity index (χ4n) is 5.00. The maximum absolute atomic E-state index is 13.2. The van der Waals surface area contributed by atoms with Gasteiger partial charge in [0, 0.05) is 46.3 Å². The Morgan fingerprint density at radius 1 is 1.26 bits per heavy atom. The number of nitrogens with zero attached hydrogens (tertiary/aromatic N) is 5. The number of benzene rings is 1. The van der Waals surface area contributed by atoms with Gasteiger partial charge in [0.05, 0.1) is 30.2 Å². The summed E-state index contributed by atoms with van der Waals surface area (Å²) < 4.78 is 13.6. The van der Waals surface area contributed by atoms with Gasteiger partial charge in [0.25, 0.3) is 0 Å². The van der Waals surface area contributed by atoms with Crippen molar-refractivity contribution in [3.05, 3.63) is 41.2 Å². The molecule has 4 aromatic rings. The molecular weight excluding hydrogens is 470 g/mol. The molecule has 6 rings (SSSR count). The number of aryl methyl sites for hydroxylation is 1. The van der Waals surface area contributed by atoms with Crippen molar-refractivity contribution in [3.8, 4) is 0 Å². The molecule has 3 aromatic heterocycles. The molecule has 11 heteroatoms. The monoisotopic (exact) mass is 495 g/mol. The normalized spacial score (nSPS) is 19.9. The fraction of sp³-hybridized carbons (Fsp3) is 0.391. The summed E-state index contributed by atoms with van der Waals surface area (Å²) in [5, 5.41) is 12.6.